The number of ether oxygens (including phenoxy) is 1. The van der Waals surface area contributed by atoms with Crippen LogP contribution in [0.1, 0.15) is 31.2 Å². The van der Waals surface area contributed by atoms with Crippen LogP contribution in [0.15, 0.2) is 24.4 Å². The Bertz CT molecular complexity index is 901. The second kappa shape index (κ2) is 8.45. The Morgan fingerprint density at radius 2 is 1.97 bits per heavy atom. The molecule has 7 heteroatoms. The van der Waals surface area contributed by atoms with Gasteiger partial charge in [-0.05, 0) is 56.0 Å². The molecular formula is C22H30N4O3. The van der Waals surface area contributed by atoms with E-state index in [0.717, 1.165) is 80.6 Å². The number of fused-ring (bicyclic) bond motifs is 1. The number of aromatic nitrogens is 1. The van der Waals surface area contributed by atoms with E-state index in [0.29, 0.717) is 5.91 Å². The molecule has 1 aromatic carbocycles. The van der Waals surface area contributed by atoms with E-state index in [4.69, 9.17) is 10.5 Å². The van der Waals surface area contributed by atoms with Crippen LogP contribution in [-0.2, 0) is 22.7 Å². The molecule has 2 saturated heterocycles. The van der Waals surface area contributed by atoms with Crippen LogP contribution in [0.25, 0.3) is 10.9 Å². The number of hydrogen-bond acceptors (Lipinski definition) is 4. The Morgan fingerprint density at radius 3 is 2.69 bits per heavy atom. The van der Waals surface area contributed by atoms with E-state index in [-0.39, 0.29) is 18.4 Å². The van der Waals surface area contributed by atoms with Crippen molar-refractivity contribution in [3.63, 3.8) is 0 Å². The average Bonchev–Trinajstić information content (AvgIpc) is 3.36. The number of rotatable bonds is 6. The first-order chi connectivity index (χ1) is 14.0. The zero-order valence-electron chi connectivity index (χ0n) is 17.1. The molecule has 4 rings (SSSR count). The van der Waals surface area contributed by atoms with E-state index in [2.05, 4.69) is 4.90 Å². The smallest absolute Gasteiger partial charge is 0.237 e. The Labute approximate surface area is 171 Å². The van der Waals surface area contributed by atoms with Gasteiger partial charge >= 0.3 is 0 Å². The lowest BCUT2D eigenvalue weighted by Crippen LogP contribution is -2.43. The average molecular weight is 399 g/mol. The Kier molecular flexibility index (Phi) is 5.76. The van der Waals surface area contributed by atoms with Crippen molar-refractivity contribution in [1.82, 2.24) is 14.4 Å². The Morgan fingerprint density at radius 1 is 1.17 bits per heavy atom. The summed E-state index contributed by atoms with van der Waals surface area (Å²) in [4.78, 5) is 28.8. The van der Waals surface area contributed by atoms with Gasteiger partial charge in [-0.1, -0.05) is 0 Å². The summed E-state index contributed by atoms with van der Waals surface area (Å²) in [6.45, 7) is 4.50. The molecule has 2 aliphatic heterocycles. The molecule has 0 spiro atoms. The zero-order chi connectivity index (χ0) is 20.4. The highest BCUT2D eigenvalue weighted by molar-refractivity contribution is 5.87. The van der Waals surface area contributed by atoms with Gasteiger partial charge in [0.05, 0.1) is 13.0 Å². The fourth-order valence-corrected chi connectivity index (χ4v) is 4.74. The lowest BCUT2D eigenvalue weighted by atomic mass is 9.96. The summed E-state index contributed by atoms with van der Waals surface area (Å²) < 4.78 is 7.30. The molecule has 0 saturated carbocycles. The molecule has 2 amide bonds. The van der Waals surface area contributed by atoms with Gasteiger partial charge < -0.3 is 19.9 Å². The maximum Gasteiger partial charge on any atom is 0.237 e. The number of hydrogen-bond donors (Lipinski definition) is 1. The van der Waals surface area contributed by atoms with E-state index in [1.807, 2.05) is 33.9 Å². The topological polar surface area (TPSA) is 80.8 Å². The molecule has 0 aliphatic carbocycles. The molecule has 7 nitrogen and oxygen atoms in total. The number of amides is 2. The zero-order valence-corrected chi connectivity index (χ0v) is 17.1. The minimum Gasteiger partial charge on any atom is -0.497 e. The molecule has 0 bridgehead atoms. The van der Waals surface area contributed by atoms with Gasteiger partial charge in [0.2, 0.25) is 11.8 Å². The summed E-state index contributed by atoms with van der Waals surface area (Å²) in [7, 11) is 1.65. The standard InChI is InChI=1S/C22H30N4O3/c1-29-18-6-7-20-19(11-18)17(14-26(20)15-21(23)27)13-24-8-4-5-16(12-24)22(28)25-9-2-3-10-25/h6-7,11,14,16H,2-5,8-10,12-13,15H2,1H3,(H2,23,27)/t16-/m1/s1. The van der Waals surface area contributed by atoms with Gasteiger partial charge in [-0.2, -0.15) is 0 Å². The monoisotopic (exact) mass is 398 g/mol. The summed E-state index contributed by atoms with van der Waals surface area (Å²) in [5.41, 5.74) is 7.55. The second-order valence-electron chi connectivity index (χ2n) is 8.24. The van der Waals surface area contributed by atoms with E-state index in [9.17, 15) is 9.59 Å². The van der Waals surface area contributed by atoms with Crippen molar-refractivity contribution in [2.75, 3.05) is 33.3 Å². The highest BCUT2D eigenvalue weighted by Gasteiger charge is 2.30. The molecule has 2 fully saturated rings. The van der Waals surface area contributed by atoms with Crippen LogP contribution in [0, 0.1) is 5.92 Å². The van der Waals surface area contributed by atoms with Gasteiger partial charge in [-0.3, -0.25) is 14.5 Å². The third kappa shape index (κ3) is 4.24. The number of nitrogens with zero attached hydrogens (tertiary/aromatic N) is 3. The first kappa shape index (κ1) is 19.8. The minimum absolute atomic E-state index is 0.0929. The molecular weight excluding hydrogens is 368 g/mol. The quantitative estimate of drug-likeness (QED) is 0.807. The fourth-order valence-electron chi connectivity index (χ4n) is 4.74. The predicted molar refractivity (Wildman–Crippen MR) is 111 cm³/mol. The Balaban J connectivity index is 1.54. The van der Waals surface area contributed by atoms with Crippen LogP contribution >= 0.6 is 0 Å². The van der Waals surface area contributed by atoms with Crippen LogP contribution in [-0.4, -0.2) is 59.5 Å². The first-order valence-corrected chi connectivity index (χ1v) is 10.5. The van der Waals surface area contributed by atoms with E-state index < -0.39 is 0 Å². The number of carbonyl (C=O) groups excluding carboxylic acids is 2. The summed E-state index contributed by atoms with van der Waals surface area (Å²) in [5, 5.41) is 1.07. The second-order valence-corrected chi connectivity index (χ2v) is 8.24. The molecule has 1 aromatic heterocycles. The third-order valence-electron chi connectivity index (χ3n) is 6.16. The van der Waals surface area contributed by atoms with Crippen LogP contribution in [0.5, 0.6) is 5.75 Å². The van der Waals surface area contributed by atoms with Gasteiger partial charge in [-0.15, -0.1) is 0 Å². The molecule has 156 valence electrons. The number of benzene rings is 1. The van der Waals surface area contributed by atoms with Crippen molar-refractivity contribution < 1.29 is 14.3 Å². The van der Waals surface area contributed by atoms with E-state index in [1.165, 1.54) is 0 Å². The van der Waals surface area contributed by atoms with E-state index >= 15 is 0 Å². The highest BCUT2D eigenvalue weighted by atomic mass is 16.5. The van der Waals surface area contributed by atoms with Crippen molar-refractivity contribution >= 4 is 22.7 Å². The summed E-state index contributed by atoms with van der Waals surface area (Å²) in [6.07, 6.45) is 6.28. The molecule has 3 heterocycles. The van der Waals surface area contributed by atoms with Crippen molar-refractivity contribution in [3.8, 4) is 5.75 Å². The molecule has 1 atom stereocenters. The van der Waals surface area contributed by atoms with Crippen molar-refractivity contribution in [2.24, 2.45) is 11.7 Å². The lowest BCUT2D eigenvalue weighted by molar-refractivity contribution is -0.136. The van der Waals surface area contributed by atoms with Gasteiger partial charge in [0.1, 0.15) is 12.3 Å². The lowest BCUT2D eigenvalue weighted by Gasteiger charge is -2.33. The molecule has 0 unspecified atom stereocenters. The van der Waals surface area contributed by atoms with Crippen LogP contribution < -0.4 is 10.5 Å². The van der Waals surface area contributed by atoms with Gasteiger partial charge in [-0.25, -0.2) is 0 Å². The SMILES string of the molecule is COc1ccc2c(c1)c(CN1CCC[C@@H](C(=O)N3CCCC3)C1)cn2CC(N)=O. The fraction of sp³-hybridized carbons (Fsp3) is 0.545. The van der Waals surface area contributed by atoms with Gasteiger partial charge in [0.25, 0.3) is 0 Å². The maximum atomic E-state index is 12.8. The van der Waals surface area contributed by atoms with Crippen LogP contribution in [0.3, 0.4) is 0 Å². The largest absolute Gasteiger partial charge is 0.497 e. The van der Waals surface area contributed by atoms with Crippen molar-refractivity contribution in [1.29, 1.82) is 0 Å². The Hall–Kier alpha value is -2.54. The number of methoxy groups -OCH3 is 1. The summed E-state index contributed by atoms with van der Waals surface area (Å²) in [5.74, 6) is 0.843. The molecule has 0 radical (unpaired) electrons. The first-order valence-electron chi connectivity index (χ1n) is 10.5. The van der Waals surface area contributed by atoms with Crippen molar-refractivity contribution in [2.45, 2.75) is 38.8 Å². The van der Waals surface area contributed by atoms with E-state index in [1.54, 1.807) is 7.11 Å². The van der Waals surface area contributed by atoms with Gasteiger partial charge in [0.15, 0.2) is 0 Å². The molecule has 2 N–H and O–H groups in total. The summed E-state index contributed by atoms with van der Waals surface area (Å²) >= 11 is 0. The molecule has 29 heavy (non-hydrogen) atoms. The summed E-state index contributed by atoms with van der Waals surface area (Å²) in [6, 6.07) is 5.88. The van der Waals surface area contributed by atoms with Crippen LogP contribution in [0.4, 0.5) is 0 Å². The van der Waals surface area contributed by atoms with Crippen molar-refractivity contribution in [3.05, 3.63) is 30.0 Å². The number of likely N-dealkylation sites (tertiary alicyclic amines) is 2. The van der Waals surface area contributed by atoms with Gasteiger partial charge in [0, 0.05) is 43.3 Å². The number of piperidine rings is 1. The normalized spacial score (nSPS) is 20.3. The maximum absolute atomic E-state index is 12.8. The predicted octanol–water partition coefficient (Wildman–Crippen LogP) is 1.97. The molecule has 2 aliphatic rings. The molecule has 2 aromatic rings. The third-order valence-corrected chi connectivity index (χ3v) is 6.16. The number of primary amides is 1. The highest BCUT2D eigenvalue weighted by Crippen LogP contribution is 2.29. The minimum atomic E-state index is -0.362. The number of nitrogens with two attached hydrogens (primary N) is 1. The number of carbonyl (C=O) groups is 2. The van der Waals surface area contributed by atoms with Crippen LogP contribution in [0.2, 0.25) is 0 Å².